The Morgan fingerprint density at radius 2 is 2.05 bits per heavy atom. The van der Waals surface area contributed by atoms with Gasteiger partial charge in [-0.15, -0.1) is 0 Å². The van der Waals surface area contributed by atoms with Crippen molar-refractivity contribution < 1.29 is 4.79 Å². The van der Waals surface area contributed by atoms with Crippen molar-refractivity contribution in [1.82, 2.24) is 0 Å². The number of nitrogens with zero attached hydrogens (tertiary/aromatic N) is 3. The van der Waals surface area contributed by atoms with Crippen molar-refractivity contribution >= 4 is 25.7 Å². The fourth-order valence-corrected chi connectivity index (χ4v) is 6.05. The SMILES string of the molecule is CC1(C)C(N=[N+]=[N-])CCC1(C)C(C=O)[Se]c1ccccc1. The Balaban J connectivity index is 2.28. The van der Waals surface area contributed by atoms with Crippen molar-refractivity contribution in [2.75, 3.05) is 0 Å². The van der Waals surface area contributed by atoms with Gasteiger partial charge in [0.15, 0.2) is 0 Å². The second-order valence-electron chi connectivity index (χ2n) is 6.39. The van der Waals surface area contributed by atoms with Gasteiger partial charge < -0.3 is 0 Å². The molecule has 0 bridgehead atoms. The minimum atomic E-state index is -0.165. The Bertz CT molecular complexity index is 554. The van der Waals surface area contributed by atoms with Crippen molar-refractivity contribution in [3.8, 4) is 0 Å². The van der Waals surface area contributed by atoms with Gasteiger partial charge in [0.1, 0.15) is 0 Å². The number of hydrogen-bond acceptors (Lipinski definition) is 2. The molecule has 0 spiro atoms. The molecule has 1 aliphatic rings. The van der Waals surface area contributed by atoms with Gasteiger partial charge in [0.2, 0.25) is 0 Å². The summed E-state index contributed by atoms with van der Waals surface area (Å²) in [6.45, 7) is 6.46. The van der Waals surface area contributed by atoms with Crippen LogP contribution in [0.2, 0.25) is 4.82 Å². The molecule has 1 fully saturated rings. The van der Waals surface area contributed by atoms with Crippen molar-refractivity contribution in [3.05, 3.63) is 40.8 Å². The third kappa shape index (κ3) is 2.87. The molecule has 0 amide bonds. The summed E-state index contributed by atoms with van der Waals surface area (Å²) >= 11 is 0.0975. The fraction of sp³-hybridized carbons (Fsp3) is 0.562. The monoisotopic (exact) mass is 351 g/mol. The van der Waals surface area contributed by atoms with Crippen molar-refractivity contribution in [3.63, 3.8) is 0 Å². The number of azide groups is 1. The van der Waals surface area contributed by atoms with Crippen molar-refractivity contribution in [1.29, 1.82) is 0 Å². The molecule has 3 unspecified atom stereocenters. The normalized spacial score (nSPS) is 28.6. The number of aldehydes is 1. The summed E-state index contributed by atoms with van der Waals surface area (Å²) < 4.78 is 1.24. The van der Waals surface area contributed by atoms with E-state index in [0.717, 1.165) is 19.1 Å². The van der Waals surface area contributed by atoms with Crippen LogP contribution in [-0.4, -0.2) is 27.3 Å². The zero-order valence-electron chi connectivity index (χ0n) is 12.7. The Labute approximate surface area is 132 Å². The molecule has 1 aromatic carbocycles. The maximum atomic E-state index is 11.8. The zero-order valence-corrected chi connectivity index (χ0v) is 14.4. The van der Waals surface area contributed by atoms with Gasteiger partial charge >= 0.3 is 132 Å². The molecular weight excluding hydrogens is 329 g/mol. The summed E-state index contributed by atoms with van der Waals surface area (Å²) in [7, 11) is 0. The topological polar surface area (TPSA) is 65.8 Å². The Hall–Kier alpha value is -1.28. The molecule has 0 saturated heterocycles. The Morgan fingerprint density at radius 1 is 1.38 bits per heavy atom. The van der Waals surface area contributed by atoms with Gasteiger partial charge in [-0.05, 0) is 0 Å². The summed E-state index contributed by atoms with van der Waals surface area (Å²) in [4.78, 5) is 14.8. The quantitative estimate of drug-likeness (QED) is 0.263. The van der Waals surface area contributed by atoms with Crippen LogP contribution in [-0.2, 0) is 4.79 Å². The first kappa shape index (κ1) is 16.1. The summed E-state index contributed by atoms with van der Waals surface area (Å²) in [5.74, 6) is 0. The van der Waals surface area contributed by atoms with Crippen LogP contribution >= 0.6 is 0 Å². The Kier molecular flexibility index (Phi) is 4.77. The second-order valence-corrected chi connectivity index (χ2v) is 8.94. The summed E-state index contributed by atoms with van der Waals surface area (Å²) in [6, 6.07) is 10.2. The van der Waals surface area contributed by atoms with Gasteiger partial charge in [-0.3, -0.25) is 0 Å². The standard InChI is InChI=1S/C16H21N3OSe/c1-15(2)13(18-19-17)9-10-16(15,3)14(11-20)21-12-7-5-4-6-8-12/h4-8,11,13-14H,9-10H2,1-3H3. The number of hydrogen-bond donors (Lipinski definition) is 0. The molecule has 4 nitrogen and oxygen atoms in total. The number of carbonyl (C=O) groups excluding carboxylic acids is 1. The number of carbonyl (C=O) groups is 1. The van der Waals surface area contributed by atoms with E-state index in [2.05, 4.69) is 42.9 Å². The average molecular weight is 350 g/mol. The fourth-order valence-electron chi connectivity index (χ4n) is 3.23. The zero-order chi connectivity index (χ0) is 15.5. The van der Waals surface area contributed by atoms with E-state index in [0.29, 0.717) is 0 Å². The van der Waals surface area contributed by atoms with Crippen molar-refractivity contribution in [2.45, 2.75) is 44.5 Å². The second kappa shape index (κ2) is 6.23. The van der Waals surface area contributed by atoms with Gasteiger partial charge in [-0.2, -0.15) is 0 Å². The number of rotatable bonds is 5. The molecule has 2 rings (SSSR count). The first-order valence-electron chi connectivity index (χ1n) is 7.17. The molecule has 0 aliphatic heterocycles. The van der Waals surface area contributed by atoms with E-state index < -0.39 is 0 Å². The maximum absolute atomic E-state index is 11.8. The van der Waals surface area contributed by atoms with Crippen LogP contribution in [0, 0.1) is 10.8 Å². The molecule has 0 aromatic heterocycles. The van der Waals surface area contributed by atoms with Crippen LogP contribution in [0.5, 0.6) is 0 Å². The van der Waals surface area contributed by atoms with Crippen LogP contribution in [0.1, 0.15) is 33.6 Å². The molecule has 0 heterocycles. The third-order valence-corrected chi connectivity index (χ3v) is 8.19. The van der Waals surface area contributed by atoms with E-state index in [-0.39, 0.29) is 36.6 Å². The molecule has 1 aliphatic carbocycles. The molecule has 0 N–H and O–H groups in total. The van der Waals surface area contributed by atoms with Gasteiger partial charge in [0.05, 0.1) is 0 Å². The Morgan fingerprint density at radius 3 is 2.62 bits per heavy atom. The first-order valence-corrected chi connectivity index (χ1v) is 9.01. The van der Waals surface area contributed by atoms with Gasteiger partial charge in [0.25, 0.3) is 0 Å². The molecule has 5 heteroatoms. The van der Waals surface area contributed by atoms with Crippen LogP contribution in [0.4, 0.5) is 0 Å². The van der Waals surface area contributed by atoms with Crippen LogP contribution in [0.15, 0.2) is 35.4 Å². The molecule has 3 atom stereocenters. The molecular formula is C16H21N3OSe. The van der Waals surface area contributed by atoms with E-state index in [9.17, 15) is 4.79 Å². The molecule has 112 valence electrons. The predicted molar refractivity (Wildman–Crippen MR) is 85.7 cm³/mol. The van der Waals surface area contributed by atoms with E-state index >= 15 is 0 Å². The van der Waals surface area contributed by atoms with Gasteiger partial charge in [-0.25, -0.2) is 0 Å². The number of benzene rings is 1. The molecule has 1 saturated carbocycles. The molecule has 1 aromatic rings. The van der Waals surface area contributed by atoms with Crippen LogP contribution in [0.25, 0.3) is 10.4 Å². The molecule has 0 radical (unpaired) electrons. The summed E-state index contributed by atoms with van der Waals surface area (Å²) in [5.41, 5.74) is 8.47. The summed E-state index contributed by atoms with van der Waals surface area (Å²) in [6.07, 6.45) is 2.91. The van der Waals surface area contributed by atoms with E-state index in [1.54, 1.807) is 0 Å². The predicted octanol–water partition coefficient (Wildman–Crippen LogP) is 3.51. The van der Waals surface area contributed by atoms with Gasteiger partial charge in [-0.1, -0.05) is 0 Å². The minimum absolute atomic E-state index is 0.00120. The third-order valence-electron chi connectivity index (χ3n) is 5.19. The van der Waals surface area contributed by atoms with Crippen LogP contribution < -0.4 is 4.46 Å². The van der Waals surface area contributed by atoms with E-state index in [1.807, 2.05) is 18.2 Å². The molecule has 21 heavy (non-hydrogen) atoms. The van der Waals surface area contributed by atoms with Crippen LogP contribution in [0.3, 0.4) is 0 Å². The van der Waals surface area contributed by atoms with Crippen molar-refractivity contribution in [2.24, 2.45) is 15.9 Å². The van der Waals surface area contributed by atoms with Gasteiger partial charge in [0, 0.05) is 0 Å². The van der Waals surface area contributed by atoms with E-state index in [4.69, 9.17) is 5.53 Å². The summed E-state index contributed by atoms with van der Waals surface area (Å²) in [5, 5.41) is 3.97. The van der Waals surface area contributed by atoms with E-state index in [1.165, 1.54) is 4.46 Å². The first-order chi connectivity index (χ1) is 9.95. The average Bonchev–Trinajstić information content (AvgIpc) is 2.70.